The second kappa shape index (κ2) is 12.5. The van der Waals surface area contributed by atoms with Gasteiger partial charge in [-0.05, 0) is 60.2 Å². The van der Waals surface area contributed by atoms with Crippen molar-refractivity contribution in [3.05, 3.63) is 132 Å². The molecule has 7 heteroatoms. The number of rotatable bonds is 9. The molecule has 0 aliphatic carbocycles. The third-order valence-corrected chi connectivity index (χ3v) is 10.1. The average Bonchev–Trinajstić information content (AvgIpc) is 2.97. The van der Waals surface area contributed by atoms with Gasteiger partial charge in [0.2, 0.25) is 0 Å². The van der Waals surface area contributed by atoms with Crippen LogP contribution in [0.5, 0.6) is 0 Å². The van der Waals surface area contributed by atoms with Gasteiger partial charge in [-0.3, -0.25) is 14.8 Å². The molecular formula is C30H27N3O3P+. The molecule has 0 atom stereocenters. The molecule has 0 spiro atoms. The van der Waals surface area contributed by atoms with Crippen LogP contribution in [0.4, 0.5) is 0 Å². The molecule has 0 bridgehead atoms. The highest BCUT2D eigenvalue weighted by atomic mass is 31.2. The molecule has 184 valence electrons. The summed E-state index contributed by atoms with van der Waals surface area (Å²) in [6.45, 7) is 0. The number of carbonyl (C=O) groups excluding carboxylic acids is 2. The number of benzene rings is 4. The smallest absolute Gasteiger partial charge is 0.271 e. The normalized spacial score (nSPS) is 11.5. The van der Waals surface area contributed by atoms with E-state index in [9.17, 15) is 9.59 Å². The minimum Gasteiger partial charge on any atom is -0.288 e. The number of hydrazone groups is 1. The third kappa shape index (κ3) is 6.25. The summed E-state index contributed by atoms with van der Waals surface area (Å²) in [6, 6.07) is 38.1. The van der Waals surface area contributed by atoms with Crippen molar-refractivity contribution in [2.24, 2.45) is 5.10 Å². The maximum Gasteiger partial charge on any atom is 0.271 e. The average molecular weight is 509 g/mol. The minimum atomic E-state index is -2.08. The van der Waals surface area contributed by atoms with Crippen molar-refractivity contribution in [3.63, 3.8) is 0 Å². The fraction of sp³-hybridized carbons (Fsp3) is 0.0333. The van der Waals surface area contributed by atoms with Gasteiger partial charge in [0.05, 0.1) is 6.21 Å². The van der Waals surface area contributed by atoms with Crippen LogP contribution in [-0.2, 0) is 4.79 Å². The standard InChI is InChI=1S/C30H26N3O3P/c34-29(33-36)20-19-24-11-10-12-25(23-24)30(35)32-31-21-22-37(26-13-4-1-5-14-26,27-15-6-2-7-16-27)28-17-8-3-9-18-28/h1-21,23H,22H2,(H2-,32,33,34,35,36)/p+1/b20-19+,31-21+. The van der Waals surface area contributed by atoms with E-state index in [1.165, 1.54) is 33.5 Å². The Hall–Kier alpha value is -4.38. The van der Waals surface area contributed by atoms with Gasteiger partial charge in [-0.15, -0.1) is 0 Å². The van der Waals surface area contributed by atoms with Gasteiger partial charge in [0, 0.05) is 11.6 Å². The molecule has 0 aliphatic rings. The lowest BCUT2D eigenvalue weighted by Gasteiger charge is -2.26. The van der Waals surface area contributed by atoms with Gasteiger partial charge in [-0.25, -0.2) is 10.9 Å². The highest BCUT2D eigenvalue weighted by molar-refractivity contribution is 7.96. The van der Waals surface area contributed by atoms with Crippen LogP contribution in [-0.4, -0.2) is 29.4 Å². The molecule has 2 amide bonds. The van der Waals surface area contributed by atoms with E-state index in [4.69, 9.17) is 5.21 Å². The number of hydroxylamine groups is 1. The van der Waals surface area contributed by atoms with Gasteiger partial charge in [-0.1, -0.05) is 66.7 Å². The van der Waals surface area contributed by atoms with Crippen molar-refractivity contribution in [2.45, 2.75) is 0 Å². The Labute approximate surface area is 216 Å². The first-order chi connectivity index (χ1) is 18.1. The lowest BCUT2D eigenvalue weighted by molar-refractivity contribution is -0.124. The first kappa shape index (κ1) is 25.7. The van der Waals surface area contributed by atoms with E-state index < -0.39 is 13.2 Å². The van der Waals surface area contributed by atoms with Gasteiger partial charge in [0.15, 0.2) is 0 Å². The fourth-order valence-corrected chi connectivity index (χ4v) is 8.03. The van der Waals surface area contributed by atoms with E-state index in [0.717, 1.165) is 0 Å². The van der Waals surface area contributed by atoms with Crippen LogP contribution in [0.3, 0.4) is 0 Å². The Morgan fingerprint density at radius 2 is 1.30 bits per heavy atom. The first-order valence-corrected chi connectivity index (χ1v) is 13.7. The monoisotopic (exact) mass is 508 g/mol. The molecule has 4 aromatic rings. The first-order valence-electron chi connectivity index (χ1n) is 11.7. The molecule has 0 radical (unpaired) electrons. The maximum atomic E-state index is 12.8. The van der Waals surface area contributed by atoms with Gasteiger partial charge in [0.1, 0.15) is 29.3 Å². The van der Waals surface area contributed by atoms with Gasteiger partial charge < -0.3 is 0 Å². The number of carbonyl (C=O) groups is 2. The molecule has 37 heavy (non-hydrogen) atoms. The Kier molecular flexibility index (Phi) is 8.71. The van der Waals surface area contributed by atoms with E-state index in [0.29, 0.717) is 17.3 Å². The SMILES string of the molecule is O=C(/C=C/c1cccc(C(=O)N/N=C/C[P+](c2ccccc2)(c2ccccc2)c2ccccc2)c1)NO. The molecule has 0 heterocycles. The van der Waals surface area contributed by atoms with Crippen LogP contribution >= 0.6 is 7.26 Å². The second-order valence-corrected chi connectivity index (χ2v) is 11.7. The van der Waals surface area contributed by atoms with Crippen LogP contribution in [0, 0.1) is 0 Å². The zero-order valence-electron chi connectivity index (χ0n) is 20.1. The van der Waals surface area contributed by atoms with Crippen molar-refractivity contribution in [1.29, 1.82) is 0 Å². The summed E-state index contributed by atoms with van der Waals surface area (Å²) in [7, 11) is -2.08. The minimum absolute atomic E-state index is 0.360. The molecule has 0 saturated heterocycles. The summed E-state index contributed by atoms with van der Waals surface area (Å²) in [4.78, 5) is 24.0. The predicted octanol–water partition coefficient (Wildman–Crippen LogP) is 3.91. The number of amides is 2. The quantitative estimate of drug-likeness (QED) is 0.105. The maximum absolute atomic E-state index is 12.8. The largest absolute Gasteiger partial charge is 0.288 e. The Balaban J connectivity index is 1.60. The lowest BCUT2D eigenvalue weighted by atomic mass is 10.1. The molecule has 0 unspecified atom stereocenters. The summed E-state index contributed by atoms with van der Waals surface area (Å²) in [5.74, 6) is -1.01. The van der Waals surface area contributed by atoms with Crippen LogP contribution in [0.25, 0.3) is 6.08 Å². The van der Waals surface area contributed by atoms with Crippen molar-refractivity contribution in [1.82, 2.24) is 10.9 Å². The van der Waals surface area contributed by atoms with Gasteiger partial charge in [0.25, 0.3) is 11.8 Å². The summed E-state index contributed by atoms with van der Waals surface area (Å²) < 4.78 is 0. The number of nitrogens with one attached hydrogen (secondary N) is 2. The highest BCUT2D eigenvalue weighted by Crippen LogP contribution is 2.54. The zero-order chi connectivity index (χ0) is 25.9. The molecule has 4 aromatic carbocycles. The van der Waals surface area contributed by atoms with Crippen molar-refractivity contribution >= 4 is 47.3 Å². The lowest BCUT2D eigenvalue weighted by Crippen LogP contribution is -2.34. The van der Waals surface area contributed by atoms with Crippen LogP contribution in [0.1, 0.15) is 15.9 Å². The Morgan fingerprint density at radius 1 is 0.757 bits per heavy atom. The van der Waals surface area contributed by atoms with Crippen LogP contribution < -0.4 is 26.8 Å². The third-order valence-electron chi connectivity index (χ3n) is 5.89. The van der Waals surface area contributed by atoms with Gasteiger partial charge in [-0.2, -0.15) is 5.10 Å². The zero-order valence-corrected chi connectivity index (χ0v) is 21.0. The van der Waals surface area contributed by atoms with Crippen LogP contribution in [0.2, 0.25) is 0 Å². The molecule has 0 fully saturated rings. The van der Waals surface area contributed by atoms with E-state index in [1.807, 2.05) is 18.2 Å². The molecule has 0 aromatic heterocycles. The molecular weight excluding hydrogens is 481 g/mol. The summed E-state index contributed by atoms with van der Waals surface area (Å²) >= 11 is 0. The predicted molar refractivity (Wildman–Crippen MR) is 151 cm³/mol. The molecule has 6 nitrogen and oxygen atoms in total. The highest BCUT2D eigenvalue weighted by Gasteiger charge is 2.44. The summed E-state index contributed by atoms with van der Waals surface area (Å²) in [6.07, 6.45) is 5.09. The van der Waals surface area contributed by atoms with Crippen LogP contribution in [0.15, 0.2) is 126 Å². The number of hydrogen-bond acceptors (Lipinski definition) is 4. The molecule has 3 N–H and O–H groups in total. The molecule has 0 aliphatic heterocycles. The second-order valence-electron chi connectivity index (χ2n) is 8.19. The topological polar surface area (TPSA) is 90.8 Å². The number of nitrogens with zero attached hydrogens (tertiary/aromatic N) is 1. The summed E-state index contributed by atoms with van der Waals surface area (Å²) in [5.41, 5.74) is 5.21. The fourth-order valence-electron chi connectivity index (χ4n) is 4.14. The van der Waals surface area contributed by atoms with Gasteiger partial charge >= 0.3 is 0 Å². The Bertz CT molecular complexity index is 1290. The van der Waals surface area contributed by atoms with E-state index in [-0.39, 0.29) is 5.91 Å². The Morgan fingerprint density at radius 3 is 1.81 bits per heavy atom. The summed E-state index contributed by atoms with van der Waals surface area (Å²) in [5, 5.41) is 16.6. The number of hydrogen-bond donors (Lipinski definition) is 3. The molecule has 0 saturated carbocycles. The van der Waals surface area contributed by atoms with E-state index in [1.54, 1.807) is 30.5 Å². The van der Waals surface area contributed by atoms with E-state index in [2.05, 4.69) is 83.3 Å². The van der Waals surface area contributed by atoms with Crippen molar-refractivity contribution in [2.75, 3.05) is 6.16 Å². The molecule has 4 rings (SSSR count). The van der Waals surface area contributed by atoms with Crippen molar-refractivity contribution in [3.8, 4) is 0 Å². The van der Waals surface area contributed by atoms with Crippen molar-refractivity contribution < 1.29 is 14.8 Å². The van der Waals surface area contributed by atoms with E-state index >= 15 is 0 Å².